The van der Waals surface area contributed by atoms with Crippen molar-refractivity contribution < 1.29 is 9.53 Å². The molecule has 24 heavy (non-hydrogen) atoms. The monoisotopic (exact) mass is 377 g/mol. The van der Waals surface area contributed by atoms with E-state index in [2.05, 4.69) is 10.2 Å². The van der Waals surface area contributed by atoms with Crippen LogP contribution < -0.4 is 11.1 Å². The number of hydrogen-bond donors (Lipinski definition) is 2. The van der Waals surface area contributed by atoms with Crippen molar-refractivity contribution in [3.63, 3.8) is 0 Å². The number of nitrogens with one attached hydrogen (secondary N) is 1. The van der Waals surface area contributed by atoms with Gasteiger partial charge in [-0.25, -0.2) is 0 Å². The third kappa shape index (κ3) is 6.95. The first-order valence-corrected chi connectivity index (χ1v) is 7.94. The van der Waals surface area contributed by atoms with Crippen molar-refractivity contribution in [3.8, 4) is 0 Å². The van der Waals surface area contributed by atoms with Gasteiger partial charge < -0.3 is 20.7 Å². The van der Waals surface area contributed by atoms with Gasteiger partial charge in [0, 0.05) is 32.8 Å². The molecule has 1 fully saturated rings. The molecule has 1 aromatic carbocycles. The molecule has 2 rings (SSSR count). The highest BCUT2D eigenvalue weighted by atomic mass is 35.5. The van der Waals surface area contributed by atoms with Gasteiger partial charge in [0.05, 0.1) is 6.61 Å². The number of nitrogens with zero attached hydrogens (tertiary/aromatic N) is 1. The number of rotatable bonds is 6. The Kier molecular flexibility index (Phi) is 11.2. The maximum absolute atomic E-state index is 12.3. The molecule has 0 bridgehead atoms. The average Bonchev–Trinajstić information content (AvgIpc) is 2.54. The van der Waals surface area contributed by atoms with Gasteiger partial charge in [0.2, 0.25) is 5.91 Å². The molecule has 1 saturated heterocycles. The third-order valence-corrected chi connectivity index (χ3v) is 4.26. The maximum atomic E-state index is 12.3. The summed E-state index contributed by atoms with van der Waals surface area (Å²) in [6.07, 6.45) is 1.94. The molecule has 5 nitrogen and oxygen atoms in total. The van der Waals surface area contributed by atoms with E-state index in [-0.39, 0.29) is 36.8 Å². The molecule has 1 heterocycles. The zero-order valence-electron chi connectivity index (χ0n) is 14.4. The van der Waals surface area contributed by atoms with Gasteiger partial charge in [0.1, 0.15) is 6.04 Å². The number of piperidine rings is 1. The molecule has 0 saturated carbocycles. The van der Waals surface area contributed by atoms with E-state index in [0.717, 1.165) is 44.6 Å². The van der Waals surface area contributed by atoms with Gasteiger partial charge in [0.15, 0.2) is 0 Å². The van der Waals surface area contributed by atoms with Gasteiger partial charge in [0.25, 0.3) is 0 Å². The number of likely N-dealkylation sites (tertiary alicyclic amines) is 1. The highest BCUT2D eigenvalue weighted by molar-refractivity contribution is 5.85. The molecule has 0 aliphatic carbocycles. The second-order valence-electron chi connectivity index (χ2n) is 6.01. The predicted octanol–water partition coefficient (Wildman–Crippen LogP) is 2.07. The van der Waals surface area contributed by atoms with Crippen LogP contribution >= 0.6 is 24.8 Å². The summed E-state index contributed by atoms with van der Waals surface area (Å²) in [5.74, 6) is -0.0841. The zero-order valence-corrected chi connectivity index (χ0v) is 16.0. The Hall–Kier alpha value is -0.850. The van der Waals surface area contributed by atoms with Crippen LogP contribution in [0.2, 0.25) is 0 Å². The summed E-state index contributed by atoms with van der Waals surface area (Å²) in [6.45, 7) is 5.73. The highest BCUT2D eigenvalue weighted by Crippen LogP contribution is 2.14. The molecule has 1 aliphatic rings. The molecule has 1 unspecified atom stereocenters. The average molecular weight is 378 g/mol. The smallest absolute Gasteiger partial charge is 0.241 e. The van der Waals surface area contributed by atoms with Crippen LogP contribution in [-0.2, 0) is 9.53 Å². The van der Waals surface area contributed by atoms with Crippen LogP contribution in [0.1, 0.15) is 30.0 Å². The van der Waals surface area contributed by atoms with Gasteiger partial charge in [-0.05, 0) is 25.3 Å². The van der Waals surface area contributed by atoms with E-state index in [1.54, 1.807) is 7.11 Å². The van der Waals surface area contributed by atoms with E-state index in [0.29, 0.717) is 0 Å². The van der Waals surface area contributed by atoms with Crippen molar-refractivity contribution in [1.82, 2.24) is 10.2 Å². The van der Waals surface area contributed by atoms with E-state index in [4.69, 9.17) is 10.5 Å². The Balaban J connectivity index is 0.00000264. The lowest BCUT2D eigenvalue weighted by atomic mass is 10.0. The molecular formula is C17H29Cl2N3O2. The Morgan fingerprint density at radius 3 is 2.42 bits per heavy atom. The van der Waals surface area contributed by atoms with Gasteiger partial charge in [-0.3, -0.25) is 4.79 Å². The van der Waals surface area contributed by atoms with Gasteiger partial charge in [-0.2, -0.15) is 0 Å². The first kappa shape index (κ1) is 23.1. The first-order valence-electron chi connectivity index (χ1n) is 7.94. The van der Waals surface area contributed by atoms with E-state index < -0.39 is 6.04 Å². The minimum absolute atomic E-state index is 0. The summed E-state index contributed by atoms with van der Waals surface area (Å²) in [4.78, 5) is 14.6. The zero-order chi connectivity index (χ0) is 15.9. The Morgan fingerprint density at radius 2 is 1.88 bits per heavy atom. The lowest BCUT2D eigenvalue weighted by Crippen LogP contribution is -2.47. The maximum Gasteiger partial charge on any atom is 0.241 e. The van der Waals surface area contributed by atoms with Gasteiger partial charge in [-0.1, -0.05) is 29.8 Å². The summed E-state index contributed by atoms with van der Waals surface area (Å²) in [5, 5.41) is 3.09. The summed E-state index contributed by atoms with van der Waals surface area (Å²) in [6, 6.07) is 7.45. The van der Waals surface area contributed by atoms with E-state index in [1.807, 2.05) is 31.2 Å². The predicted molar refractivity (Wildman–Crippen MR) is 102 cm³/mol. The fourth-order valence-corrected chi connectivity index (χ4v) is 2.74. The molecule has 138 valence electrons. The van der Waals surface area contributed by atoms with Crippen molar-refractivity contribution in [2.75, 3.05) is 33.4 Å². The van der Waals surface area contributed by atoms with Crippen LogP contribution in [0.3, 0.4) is 0 Å². The molecule has 3 N–H and O–H groups in total. The highest BCUT2D eigenvalue weighted by Gasteiger charge is 2.23. The number of carbonyl (C=O) groups is 1. The molecule has 1 aliphatic heterocycles. The van der Waals surface area contributed by atoms with Crippen LogP contribution in [0, 0.1) is 6.92 Å². The third-order valence-electron chi connectivity index (χ3n) is 4.26. The number of hydrogen-bond acceptors (Lipinski definition) is 4. The van der Waals surface area contributed by atoms with Crippen molar-refractivity contribution >= 4 is 30.7 Å². The van der Waals surface area contributed by atoms with Gasteiger partial charge in [-0.15, -0.1) is 24.8 Å². The van der Waals surface area contributed by atoms with Crippen LogP contribution in [0.15, 0.2) is 24.3 Å². The topological polar surface area (TPSA) is 67.6 Å². The fourth-order valence-electron chi connectivity index (χ4n) is 2.74. The summed E-state index contributed by atoms with van der Waals surface area (Å²) in [5.41, 5.74) is 8.09. The number of carbonyl (C=O) groups excluding carboxylic acids is 1. The lowest BCUT2D eigenvalue weighted by Gasteiger charge is -2.32. The minimum atomic E-state index is -0.591. The normalized spacial score (nSPS) is 16.6. The minimum Gasteiger partial charge on any atom is -0.383 e. The number of halogens is 2. The SMILES string of the molecule is COCCN1CCC(NC(=O)C(N)c2ccc(C)cc2)CC1.Cl.Cl. The number of ether oxygens (including phenoxy) is 1. The van der Waals surface area contributed by atoms with Crippen molar-refractivity contribution in [2.45, 2.75) is 31.8 Å². The molecule has 1 aromatic rings. The molecule has 0 aromatic heterocycles. The van der Waals surface area contributed by atoms with E-state index >= 15 is 0 Å². The standard InChI is InChI=1S/C17H27N3O2.2ClH/c1-13-3-5-14(6-4-13)16(18)17(21)19-15-7-9-20(10-8-15)11-12-22-2;;/h3-6,15-16H,7-12,18H2,1-2H3,(H,19,21);2*1H. The van der Waals surface area contributed by atoms with Crippen LogP contribution in [0.25, 0.3) is 0 Å². The molecular weight excluding hydrogens is 349 g/mol. The molecule has 0 spiro atoms. The van der Waals surface area contributed by atoms with Crippen molar-refractivity contribution in [2.24, 2.45) is 5.73 Å². The van der Waals surface area contributed by atoms with Crippen molar-refractivity contribution in [1.29, 1.82) is 0 Å². The van der Waals surface area contributed by atoms with Gasteiger partial charge >= 0.3 is 0 Å². The lowest BCUT2D eigenvalue weighted by molar-refractivity contribution is -0.123. The Bertz CT molecular complexity index is 477. The number of methoxy groups -OCH3 is 1. The number of benzene rings is 1. The Labute approximate surface area is 157 Å². The second-order valence-corrected chi connectivity index (χ2v) is 6.01. The number of nitrogens with two attached hydrogens (primary N) is 1. The van der Waals surface area contributed by atoms with E-state index in [1.165, 1.54) is 5.56 Å². The summed E-state index contributed by atoms with van der Waals surface area (Å²) >= 11 is 0. The van der Waals surface area contributed by atoms with Crippen molar-refractivity contribution in [3.05, 3.63) is 35.4 Å². The summed E-state index contributed by atoms with van der Waals surface area (Å²) < 4.78 is 5.10. The number of aryl methyl sites for hydroxylation is 1. The molecule has 7 heteroatoms. The quantitative estimate of drug-likeness (QED) is 0.795. The van der Waals surface area contributed by atoms with Crippen LogP contribution in [-0.4, -0.2) is 50.2 Å². The summed E-state index contributed by atoms with van der Waals surface area (Å²) in [7, 11) is 1.72. The molecule has 1 amide bonds. The largest absolute Gasteiger partial charge is 0.383 e. The van der Waals surface area contributed by atoms with Crippen LogP contribution in [0.5, 0.6) is 0 Å². The second kappa shape index (κ2) is 11.7. The Morgan fingerprint density at radius 1 is 1.29 bits per heavy atom. The first-order chi connectivity index (χ1) is 10.6. The fraction of sp³-hybridized carbons (Fsp3) is 0.588. The van der Waals surface area contributed by atoms with E-state index in [9.17, 15) is 4.79 Å². The number of amides is 1. The molecule has 0 radical (unpaired) electrons. The molecule has 1 atom stereocenters. The van der Waals surface area contributed by atoms with Crippen LogP contribution in [0.4, 0.5) is 0 Å².